The van der Waals surface area contributed by atoms with Gasteiger partial charge >= 0.3 is 5.97 Å². The van der Waals surface area contributed by atoms with Crippen LogP contribution in [0.5, 0.6) is 0 Å². The zero-order chi connectivity index (χ0) is 14.4. The standard InChI is InChI=1S/C14H20N2O4/c17-12(15-10-11-4-7-20-16-11)8-14(9-13(18)19)5-2-1-3-6-14/h4,7H,1-3,5-6,8-10H2,(H,15,17)(H,18,19). The zero-order valence-electron chi connectivity index (χ0n) is 11.4. The minimum Gasteiger partial charge on any atom is -0.481 e. The first-order valence-corrected chi connectivity index (χ1v) is 6.97. The van der Waals surface area contributed by atoms with Crippen LogP contribution >= 0.6 is 0 Å². The smallest absolute Gasteiger partial charge is 0.303 e. The third kappa shape index (κ3) is 4.08. The van der Waals surface area contributed by atoms with Gasteiger partial charge in [-0.25, -0.2) is 0 Å². The van der Waals surface area contributed by atoms with Gasteiger partial charge in [0.1, 0.15) is 12.0 Å². The Labute approximate surface area is 117 Å². The fourth-order valence-electron chi connectivity index (χ4n) is 2.96. The summed E-state index contributed by atoms with van der Waals surface area (Å²) in [5, 5.41) is 15.6. The molecule has 6 nitrogen and oxygen atoms in total. The van der Waals surface area contributed by atoms with E-state index in [0.29, 0.717) is 12.2 Å². The van der Waals surface area contributed by atoms with Crippen LogP contribution in [0.15, 0.2) is 16.9 Å². The summed E-state index contributed by atoms with van der Waals surface area (Å²) >= 11 is 0. The molecule has 1 amide bonds. The molecule has 2 N–H and O–H groups in total. The van der Waals surface area contributed by atoms with E-state index in [2.05, 4.69) is 10.5 Å². The number of hydrogen-bond donors (Lipinski definition) is 2. The molecule has 6 heteroatoms. The molecule has 0 radical (unpaired) electrons. The fraction of sp³-hybridized carbons (Fsp3) is 0.643. The molecule has 1 aliphatic carbocycles. The van der Waals surface area contributed by atoms with Gasteiger partial charge in [0.2, 0.25) is 5.91 Å². The molecule has 110 valence electrons. The fourth-order valence-corrected chi connectivity index (χ4v) is 2.96. The summed E-state index contributed by atoms with van der Waals surface area (Å²) in [7, 11) is 0. The van der Waals surface area contributed by atoms with Crippen LogP contribution in [0.25, 0.3) is 0 Å². The van der Waals surface area contributed by atoms with Gasteiger partial charge in [-0.1, -0.05) is 24.4 Å². The second-order valence-corrected chi connectivity index (χ2v) is 5.58. The maximum atomic E-state index is 12.0. The maximum Gasteiger partial charge on any atom is 0.303 e. The van der Waals surface area contributed by atoms with E-state index >= 15 is 0 Å². The van der Waals surface area contributed by atoms with Crippen LogP contribution in [0.4, 0.5) is 0 Å². The highest BCUT2D eigenvalue weighted by Gasteiger charge is 2.36. The van der Waals surface area contributed by atoms with Crippen molar-refractivity contribution in [2.24, 2.45) is 5.41 Å². The number of nitrogens with zero attached hydrogens (tertiary/aromatic N) is 1. The molecular weight excluding hydrogens is 260 g/mol. The van der Waals surface area contributed by atoms with E-state index in [1.54, 1.807) is 6.07 Å². The SMILES string of the molecule is O=C(O)CC1(CC(=O)NCc2ccon2)CCCCC1. The minimum absolute atomic E-state index is 0.0738. The summed E-state index contributed by atoms with van der Waals surface area (Å²) in [5.74, 6) is -0.938. The van der Waals surface area contributed by atoms with Crippen molar-refractivity contribution in [2.75, 3.05) is 0 Å². The third-order valence-corrected chi connectivity index (χ3v) is 3.93. The van der Waals surface area contributed by atoms with Crippen LogP contribution < -0.4 is 5.32 Å². The van der Waals surface area contributed by atoms with Crippen LogP contribution in [-0.4, -0.2) is 22.1 Å². The van der Waals surface area contributed by atoms with Crippen LogP contribution in [0.2, 0.25) is 0 Å². The molecule has 0 atom stereocenters. The van der Waals surface area contributed by atoms with Gasteiger partial charge in [0.25, 0.3) is 0 Å². The quantitative estimate of drug-likeness (QED) is 0.832. The first-order valence-electron chi connectivity index (χ1n) is 6.97. The zero-order valence-corrected chi connectivity index (χ0v) is 11.4. The van der Waals surface area contributed by atoms with E-state index in [1.807, 2.05) is 0 Å². The van der Waals surface area contributed by atoms with E-state index in [4.69, 9.17) is 9.63 Å². The number of carbonyl (C=O) groups excluding carboxylic acids is 1. The van der Waals surface area contributed by atoms with Crippen molar-refractivity contribution in [2.45, 2.75) is 51.5 Å². The van der Waals surface area contributed by atoms with E-state index in [9.17, 15) is 9.59 Å². The predicted octanol–water partition coefficient (Wildman–Crippen LogP) is 2.11. The number of carboxylic acids is 1. The predicted molar refractivity (Wildman–Crippen MR) is 70.7 cm³/mol. The molecule has 2 rings (SSSR count). The Bertz CT molecular complexity index is 450. The molecule has 1 aliphatic rings. The molecule has 20 heavy (non-hydrogen) atoms. The van der Waals surface area contributed by atoms with Crippen molar-refractivity contribution in [3.8, 4) is 0 Å². The van der Waals surface area contributed by atoms with E-state index in [-0.39, 0.29) is 24.2 Å². The van der Waals surface area contributed by atoms with Crippen molar-refractivity contribution in [1.29, 1.82) is 0 Å². The first-order chi connectivity index (χ1) is 9.60. The lowest BCUT2D eigenvalue weighted by atomic mass is 9.69. The van der Waals surface area contributed by atoms with Gasteiger partial charge in [-0.3, -0.25) is 9.59 Å². The Morgan fingerprint density at radius 3 is 2.65 bits per heavy atom. The molecule has 1 aromatic rings. The average Bonchev–Trinajstić information content (AvgIpc) is 2.89. The van der Waals surface area contributed by atoms with Crippen molar-refractivity contribution in [3.05, 3.63) is 18.0 Å². The molecule has 1 saturated carbocycles. The number of aromatic nitrogens is 1. The molecule has 1 fully saturated rings. The summed E-state index contributed by atoms with van der Waals surface area (Å²) in [6.45, 7) is 0.318. The molecular formula is C14H20N2O4. The Hall–Kier alpha value is -1.85. The number of rotatable bonds is 6. The van der Waals surface area contributed by atoms with Crippen molar-refractivity contribution in [1.82, 2.24) is 10.5 Å². The highest BCUT2D eigenvalue weighted by Crippen LogP contribution is 2.42. The Morgan fingerprint density at radius 2 is 2.05 bits per heavy atom. The minimum atomic E-state index is -0.823. The van der Waals surface area contributed by atoms with Gasteiger partial charge in [-0.2, -0.15) is 0 Å². The first kappa shape index (κ1) is 14.6. The van der Waals surface area contributed by atoms with Crippen LogP contribution in [0.1, 0.15) is 50.6 Å². The third-order valence-electron chi connectivity index (χ3n) is 3.93. The molecule has 0 saturated heterocycles. The van der Waals surface area contributed by atoms with E-state index in [1.165, 1.54) is 6.26 Å². The largest absolute Gasteiger partial charge is 0.481 e. The molecule has 1 heterocycles. The highest BCUT2D eigenvalue weighted by atomic mass is 16.5. The molecule has 0 aromatic carbocycles. The summed E-state index contributed by atoms with van der Waals surface area (Å²) in [4.78, 5) is 23.1. The number of carboxylic acid groups (broad SMARTS) is 1. The van der Waals surface area contributed by atoms with Gasteiger partial charge in [-0.05, 0) is 18.3 Å². The second-order valence-electron chi connectivity index (χ2n) is 5.58. The highest BCUT2D eigenvalue weighted by molar-refractivity contribution is 5.78. The van der Waals surface area contributed by atoms with Crippen LogP contribution in [0.3, 0.4) is 0 Å². The number of hydrogen-bond acceptors (Lipinski definition) is 4. The number of carbonyl (C=O) groups is 2. The average molecular weight is 280 g/mol. The van der Waals surface area contributed by atoms with Crippen LogP contribution in [-0.2, 0) is 16.1 Å². The van der Waals surface area contributed by atoms with Crippen molar-refractivity contribution in [3.63, 3.8) is 0 Å². The topological polar surface area (TPSA) is 92.4 Å². The van der Waals surface area contributed by atoms with Gasteiger partial charge in [-0.15, -0.1) is 0 Å². The molecule has 0 aliphatic heterocycles. The summed E-state index contributed by atoms with van der Waals surface area (Å²) in [6.07, 6.45) is 6.57. The monoisotopic (exact) mass is 280 g/mol. The molecule has 0 spiro atoms. The molecule has 1 aromatic heterocycles. The summed E-state index contributed by atoms with van der Waals surface area (Å²) < 4.78 is 4.69. The van der Waals surface area contributed by atoms with Gasteiger partial charge in [0.15, 0.2) is 0 Å². The second kappa shape index (κ2) is 6.54. The molecule has 0 bridgehead atoms. The van der Waals surface area contributed by atoms with Crippen LogP contribution in [0, 0.1) is 5.41 Å². The Balaban J connectivity index is 1.89. The molecule has 0 unspecified atom stereocenters. The van der Waals surface area contributed by atoms with Gasteiger partial charge < -0.3 is 14.9 Å². The Morgan fingerprint density at radius 1 is 1.30 bits per heavy atom. The number of aliphatic carboxylic acids is 1. The van der Waals surface area contributed by atoms with Gasteiger partial charge in [0, 0.05) is 12.5 Å². The van der Waals surface area contributed by atoms with E-state index in [0.717, 1.165) is 32.1 Å². The van der Waals surface area contributed by atoms with Crippen molar-refractivity contribution < 1.29 is 19.2 Å². The lowest BCUT2D eigenvalue weighted by molar-refractivity contribution is -0.141. The lowest BCUT2D eigenvalue weighted by Crippen LogP contribution is -2.35. The number of nitrogens with one attached hydrogen (secondary N) is 1. The Kier molecular flexibility index (Phi) is 4.76. The number of amides is 1. The summed E-state index contributed by atoms with van der Waals surface area (Å²) in [5.41, 5.74) is 0.284. The normalized spacial score (nSPS) is 17.6. The maximum absolute atomic E-state index is 12.0. The van der Waals surface area contributed by atoms with Gasteiger partial charge in [0.05, 0.1) is 13.0 Å². The lowest BCUT2D eigenvalue weighted by Gasteiger charge is -2.35. The van der Waals surface area contributed by atoms with Crippen molar-refractivity contribution >= 4 is 11.9 Å². The van der Waals surface area contributed by atoms with E-state index < -0.39 is 5.97 Å². The summed E-state index contributed by atoms with van der Waals surface area (Å²) in [6, 6.07) is 1.69.